The summed E-state index contributed by atoms with van der Waals surface area (Å²) in [6.45, 7) is 2.08. The summed E-state index contributed by atoms with van der Waals surface area (Å²) in [4.78, 5) is 36.2. The summed E-state index contributed by atoms with van der Waals surface area (Å²) in [6.07, 6.45) is 5.57. The number of benzene rings is 2. The van der Waals surface area contributed by atoms with E-state index in [4.69, 9.17) is 10.5 Å². The lowest BCUT2D eigenvalue weighted by atomic mass is 9.95. The van der Waals surface area contributed by atoms with E-state index in [0.29, 0.717) is 22.8 Å². The molecule has 9 heteroatoms. The highest BCUT2D eigenvalue weighted by Gasteiger charge is 2.21. The van der Waals surface area contributed by atoms with Gasteiger partial charge in [0.2, 0.25) is 5.95 Å². The maximum atomic E-state index is 14.3. The fraction of sp³-hybridized carbons (Fsp3) is 0.133. The Morgan fingerprint density at radius 3 is 2.51 bits per heavy atom. The number of hydrogen-bond donors (Lipinski definition) is 1. The number of nitrogens with zero attached hydrogens (tertiary/aromatic N) is 6. The number of methoxy groups -OCH3 is 1. The standard InChI is InChI=1S/C30H25N7O2/c1-18(14-24-27-23(12-7-13-32-27)35-29(31)36-24)25-15-19-8-6-11-22(20-16-33-30(39-2)34-17-20)26(19)28(38)37(25)21-9-4-3-5-10-21/h3-13,15-18H,14H2,1-2H3,(H2,31,35,36)/t18-/m1/s1. The molecule has 1 atom stereocenters. The summed E-state index contributed by atoms with van der Waals surface area (Å²) in [6, 6.07) is 21.5. The predicted octanol–water partition coefficient (Wildman–Crippen LogP) is 4.72. The highest BCUT2D eigenvalue weighted by Crippen LogP contribution is 2.31. The Labute approximate surface area is 224 Å². The van der Waals surface area contributed by atoms with Gasteiger partial charge >= 0.3 is 6.01 Å². The summed E-state index contributed by atoms with van der Waals surface area (Å²) in [5.74, 6) is 0.0952. The first-order valence-corrected chi connectivity index (χ1v) is 12.5. The molecule has 0 amide bonds. The molecular formula is C30H25N7O2. The minimum absolute atomic E-state index is 0.102. The zero-order valence-corrected chi connectivity index (χ0v) is 21.4. The molecular weight excluding hydrogens is 490 g/mol. The Hall–Kier alpha value is -5.18. The fourth-order valence-corrected chi connectivity index (χ4v) is 4.98. The zero-order chi connectivity index (χ0) is 26.9. The normalized spacial score (nSPS) is 12.1. The lowest BCUT2D eigenvalue weighted by Crippen LogP contribution is -2.24. The Kier molecular flexibility index (Phi) is 6.16. The minimum Gasteiger partial charge on any atom is -0.467 e. The number of rotatable bonds is 6. The fourth-order valence-electron chi connectivity index (χ4n) is 4.98. The van der Waals surface area contributed by atoms with Crippen molar-refractivity contribution in [1.29, 1.82) is 0 Å². The molecule has 0 fully saturated rings. The Morgan fingerprint density at radius 1 is 0.949 bits per heavy atom. The van der Waals surface area contributed by atoms with Crippen LogP contribution in [0.25, 0.3) is 38.6 Å². The predicted molar refractivity (Wildman–Crippen MR) is 151 cm³/mol. The molecule has 0 unspecified atom stereocenters. The van der Waals surface area contributed by atoms with Crippen LogP contribution in [0.15, 0.2) is 90.1 Å². The first kappa shape index (κ1) is 24.2. The van der Waals surface area contributed by atoms with Crippen LogP contribution in [-0.4, -0.2) is 36.6 Å². The van der Waals surface area contributed by atoms with Gasteiger partial charge in [-0.1, -0.05) is 43.3 Å². The van der Waals surface area contributed by atoms with E-state index in [1.54, 1.807) is 23.2 Å². The van der Waals surface area contributed by atoms with Crippen LogP contribution in [0, 0.1) is 0 Å². The van der Waals surface area contributed by atoms with Crippen molar-refractivity contribution in [2.24, 2.45) is 0 Å². The van der Waals surface area contributed by atoms with Gasteiger partial charge < -0.3 is 10.5 Å². The van der Waals surface area contributed by atoms with Gasteiger partial charge in [0.25, 0.3) is 5.56 Å². The van der Waals surface area contributed by atoms with Crippen molar-refractivity contribution in [3.63, 3.8) is 0 Å². The first-order valence-electron chi connectivity index (χ1n) is 12.5. The third-order valence-corrected chi connectivity index (χ3v) is 6.76. The van der Waals surface area contributed by atoms with Crippen molar-refractivity contribution in [3.8, 4) is 22.8 Å². The maximum Gasteiger partial charge on any atom is 0.316 e. The number of pyridine rings is 2. The van der Waals surface area contributed by atoms with E-state index in [9.17, 15) is 4.79 Å². The average Bonchev–Trinajstić information content (AvgIpc) is 2.97. The minimum atomic E-state index is -0.128. The van der Waals surface area contributed by atoms with Crippen LogP contribution in [-0.2, 0) is 6.42 Å². The highest BCUT2D eigenvalue weighted by molar-refractivity contribution is 5.96. The van der Waals surface area contributed by atoms with Crippen molar-refractivity contribution in [2.75, 3.05) is 12.8 Å². The molecule has 6 rings (SSSR count). The topological polar surface area (TPSA) is 122 Å². The van der Waals surface area contributed by atoms with E-state index in [1.165, 1.54) is 7.11 Å². The monoisotopic (exact) mass is 515 g/mol. The van der Waals surface area contributed by atoms with Crippen LogP contribution in [0.4, 0.5) is 5.95 Å². The number of aromatic nitrogens is 6. The molecule has 6 aromatic rings. The Balaban J connectivity index is 1.55. The molecule has 0 aliphatic carbocycles. The second kappa shape index (κ2) is 9.94. The summed E-state index contributed by atoms with van der Waals surface area (Å²) < 4.78 is 6.89. The second-order valence-corrected chi connectivity index (χ2v) is 9.28. The molecule has 2 N–H and O–H groups in total. The number of fused-ring (bicyclic) bond motifs is 2. The van der Waals surface area contributed by atoms with Crippen molar-refractivity contribution in [3.05, 3.63) is 107 Å². The van der Waals surface area contributed by atoms with Crippen molar-refractivity contribution < 1.29 is 4.74 Å². The summed E-state index contributed by atoms with van der Waals surface area (Å²) in [5, 5.41) is 1.41. The van der Waals surface area contributed by atoms with E-state index in [-0.39, 0.29) is 23.4 Å². The van der Waals surface area contributed by atoms with E-state index < -0.39 is 0 Å². The molecule has 0 bridgehead atoms. The van der Waals surface area contributed by atoms with Crippen LogP contribution < -0.4 is 16.0 Å². The summed E-state index contributed by atoms with van der Waals surface area (Å²) in [7, 11) is 1.52. The number of anilines is 1. The molecule has 0 radical (unpaired) electrons. The van der Waals surface area contributed by atoms with E-state index in [2.05, 4.69) is 37.9 Å². The molecule has 0 saturated heterocycles. The summed E-state index contributed by atoms with van der Waals surface area (Å²) in [5.41, 5.74) is 11.1. The molecule has 4 aromatic heterocycles. The molecule has 0 spiro atoms. The van der Waals surface area contributed by atoms with Crippen LogP contribution in [0.2, 0.25) is 0 Å². The SMILES string of the molecule is COc1ncc(-c2cccc3cc([C@H](C)Cc4nc(N)nc5cccnc45)n(-c4ccccc4)c(=O)c23)cn1. The smallest absolute Gasteiger partial charge is 0.316 e. The summed E-state index contributed by atoms with van der Waals surface area (Å²) >= 11 is 0. The van der Waals surface area contributed by atoms with Gasteiger partial charge in [-0.3, -0.25) is 14.3 Å². The molecule has 9 nitrogen and oxygen atoms in total. The van der Waals surface area contributed by atoms with E-state index in [0.717, 1.165) is 33.6 Å². The van der Waals surface area contributed by atoms with Gasteiger partial charge in [-0.05, 0) is 41.3 Å². The molecule has 192 valence electrons. The Morgan fingerprint density at radius 2 is 1.74 bits per heavy atom. The van der Waals surface area contributed by atoms with E-state index in [1.807, 2.05) is 60.7 Å². The van der Waals surface area contributed by atoms with Gasteiger partial charge in [0.15, 0.2) is 0 Å². The zero-order valence-electron chi connectivity index (χ0n) is 21.4. The number of para-hydroxylation sites is 1. The third kappa shape index (κ3) is 4.44. The number of ether oxygens (including phenoxy) is 1. The third-order valence-electron chi connectivity index (χ3n) is 6.76. The largest absolute Gasteiger partial charge is 0.467 e. The number of hydrogen-bond acceptors (Lipinski definition) is 8. The van der Waals surface area contributed by atoms with Gasteiger partial charge in [-0.2, -0.15) is 0 Å². The molecule has 39 heavy (non-hydrogen) atoms. The van der Waals surface area contributed by atoms with E-state index >= 15 is 0 Å². The van der Waals surface area contributed by atoms with Crippen LogP contribution in [0.3, 0.4) is 0 Å². The number of nitrogen functional groups attached to an aromatic ring is 1. The van der Waals surface area contributed by atoms with Crippen LogP contribution in [0.5, 0.6) is 6.01 Å². The van der Waals surface area contributed by atoms with Crippen molar-refractivity contribution >= 4 is 27.8 Å². The molecule has 0 saturated carbocycles. The van der Waals surface area contributed by atoms with Crippen LogP contribution >= 0.6 is 0 Å². The van der Waals surface area contributed by atoms with Gasteiger partial charge in [0.05, 0.1) is 23.7 Å². The van der Waals surface area contributed by atoms with Gasteiger partial charge in [-0.15, -0.1) is 0 Å². The lowest BCUT2D eigenvalue weighted by molar-refractivity contribution is 0.380. The number of nitrogens with two attached hydrogens (primary N) is 1. The van der Waals surface area contributed by atoms with Crippen LogP contribution in [0.1, 0.15) is 24.2 Å². The molecule has 2 aromatic carbocycles. The second-order valence-electron chi connectivity index (χ2n) is 9.28. The first-order chi connectivity index (χ1) is 19.0. The Bertz CT molecular complexity index is 1870. The van der Waals surface area contributed by atoms with Gasteiger partial charge in [-0.25, -0.2) is 19.9 Å². The van der Waals surface area contributed by atoms with Crippen molar-refractivity contribution in [2.45, 2.75) is 19.3 Å². The average molecular weight is 516 g/mol. The molecule has 0 aliphatic heterocycles. The van der Waals surface area contributed by atoms with Gasteiger partial charge in [0, 0.05) is 47.9 Å². The lowest BCUT2D eigenvalue weighted by Gasteiger charge is -2.21. The quantitative estimate of drug-likeness (QED) is 0.338. The molecule has 0 aliphatic rings. The molecule has 4 heterocycles. The maximum absolute atomic E-state index is 14.3. The highest BCUT2D eigenvalue weighted by atomic mass is 16.5. The van der Waals surface area contributed by atoms with Gasteiger partial charge in [0.1, 0.15) is 5.52 Å². The van der Waals surface area contributed by atoms with Crippen molar-refractivity contribution in [1.82, 2.24) is 29.5 Å².